The highest BCUT2D eigenvalue weighted by molar-refractivity contribution is 5.47. The Morgan fingerprint density at radius 1 is 1.33 bits per heavy atom. The van der Waals surface area contributed by atoms with E-state index in [2.05, 4.69) is 9.97 Å². The SMILES string of the molecule is CC1(C)CCCN1c1cc(C(F)(F)F)nc(N)n1. The van der Waals surface area contributed by atoms with E-state index in [9.17, 15) is 13.2 Å². The summed E-state index contributed by atoms with van der Waals surface area (Å²) in [5.41, 5.74) is 4.17. The fourth-order valence-electron chi connectivity index (χ4n) is 2.27. The molecule has 0 unspecified atom stereocenters. The predicted octanol–water partition coefficient (Wildman–Crippen LogP) is 2.46. The normalized spacial score (nSPS) is 19.3. The van der Waals surface area contributed by atoms with Crippen molar-refractivity contribution < 1.29 is 13.2 Å². The first kappa shape index (κ1) is 12.9. The number of alkyl halides is 3. The van der Waals surface area contributed by atoms with Crippen molar-refractivity contribution in [1.82, 2.24) is 9.97 Å². The van der Waals surface area contributed by atoms with Crippen LogP contribution in [0.15, 0.2) is 6.07 Å². The Labute approximate surface area is 103 Å². The first-order valence-corrected chi connectivity index (χ1v) is 5.69. The lowest BCUT2D eigenvalue weighted by Crippen LogP contribution is -2.39. The molecular formula is C11H15F3N4. The molecule has 2 N–H and O–H groups in total. The molecule has 0 amide bonds. The van der Waals surface area contributed by atoms with E-state index in [1.165, 1.54) is 0 Å². The van der Waals surface area contributed by atoms with Gasteiger partial charge in [0.1, 0.15) is 5.82 Å². The van der Waals surface area contributed by atoms with E-state index >= 15 is 0 Å². The molecule has 1 aliphatic rings. The van der Waals surface area contributed by atoms with Crippen LogP contribution in [0.3, 0.4) is 0 Å². The van der Waals surface area contributed by atoms with E-state index in [1.54, 1.807) is 0 Å². The molecule has 18 heavy (non-hydrogen) atoms. The Kier molecular flexibility index (Phi) is 2.87. The average Bonchev–Trinajstić information content (AvgIpc) is 2.55. The minimum Gasteiger partial charge on any atom is -0.368 e. The van der Waals surface area contributed by atoms with Gasteiger partial charge in [-0.2, -0.15) is 18.2 Å². The number of aromatic nitrogens is 2. The molecule has 100 valence electrons. The molecule has 7 heteroatoms. The zero-order valence-corrected chi connectivity index (χ0v) is 10.3. The molecule has 2 rings (SSSR count). The number of hydrogen-bond acceptors (Lipinski definition) is 4. The summed E-state index contributed by atoms with van der Waals surface area (Å²) in [6.45, 7) is 4.64. The van der Waals surface area contributed by atoms with Gasteiger partial charge in [-0.15, -0.1) is 0 Å². The highest BCUT2D eigenvalue weighted by Gasteiger charge is 2.37. The summed E-state index contributed by atoms with van der Waals surface area (Å²) in [5, 5.41) is 0. The molecule has 0 atom stereocenters. The van der Waals surface area contributed by atoms with Crippen LogP contribution in [0, 0.1) is 0 Å². The summed E-state index contributed by atoms with van der Waals surface area (Å²) >= 11 is 0. The maximum Gasteiger partial charge on any atom is 0.433 e. The summed E-state index contributed by atoms with van der Waals surface area (Å²) < 4.78 is 38.0. The molecule has 1 fully saturated rings. The van der Waals surface area contributed by atoms with Crippen molar-refractivity contribution in [3.05, 3.63) is 11.8 Å². The van der Waals surface area contributed by atoms with E-state index in [0.29, 0.717) is 6.54 Å². The van der Waals surface area contributed by atoms with Gasteiger partial charge in [0.05, 0.1) is 0 Å². The monoisotopic (exact) mass is 260 g/mol. The minimum atomic E-state index is -4.50. The van der Waals surface area contributed by atoms with Crippen molar-refractivity contribution in [3.63, 3.8) is 0 Å². The van der Waals surface area contributed by atoms with Crippen molar-refractivity contribution in [2.45, 2.75) is 38.4 Å². The molecule has 0 spiro atoms. The maximum absolute atomic E-state index is 12.7. The van der Waals surface area contributed by atoms with Gasteiger partial charge < -0.3 is 10.6 Å². The molecular weight excluding hydrogens is 245 g/mol. The number of nitrogen functional groups attached to an aromatic ring is 1. The molecule has 0 aliphatic carbocycles. The van der Waals surface area contributed by atoms with E-state index in [-0.39, 0.29) is 17.3 Å². The lowest BCUT2D eigenvalue weighted by Gasteiger charge is -2.32. The van der Waals surface area contributed by atoms with Crippen LogP contribution in [0.4, 0.5) is 24.9 Å². The van der Waals surface area contributed by atoms with Gasteiger partial charge in [0, 0.05) is 18.2 Å². The summed E-state index contributed by atoms with van der Waals surface area (Å²) in [6.07, 6.45) is -2.66. The quantitative estimate of drug-likeness (QED) is 0.842. The summed E-state index contributed by atoms with van der Waals surface area (Å²) in [4.78, 5) is 9.00. The van der Waals surface area contributed by atoms with Gasteiger partial charge in [-0.25, -0.2) is 4.98 Å². The Hall–Kier alpha value is -1.53. The Morgan fingerprint density at radius 3 is 2.50 bits per heavy atom. The molecule has 4 nitrogen and oxygen atoms in total. The standard InChI is InChI=1S/C11H15F3N4/c1-10(2)4-3-5-18(10)8-6-7(11(12,13)14)16-9(15)17-8/h6H,3-5H2,1-2H3,(H2,15,16,17). The second-order valence-corrected chi connectivity index (χ2v) is 5.03. The molecule has 0 saturated carbocycles. The second-order valence-electron chi connectivity index (χ2n) is 5.03. The number of rotatable bonds is 1. The average molecular weight is 260 g/mol. The zero-order chi connectivity index (χ0) is 13.6. The van der Waals surface area contributed by atoms with Crippen LogP contribution in [0.2, 0.25) is 0 Å². The predicted molar refractivity (Wildman–Crippen MR) is 62.1 cm³/mol. The third kappa shape index (κ3) is 2.34. The van der Waals surface area contributed by atoms with E-state index in [0.717, 1.165) is 18.9 Å². The number of nitrogens with two attached hydrogens (primary N) is 1. The molecule has 0 radical (unpaired) electrons. The van der Waals surface area contributed by atoms with Crippen LogP contribution in [-0.2, 0) is 6.18 Å². The maximum atomic E-state index is 12.7. The Morgan fingerprint density at radius 2 is 2.00 bits per heavy atom. The number of hydrogen-bond donors (Lipinski definition) is 1. The lowest BCUT2D eigenvalue weighted by atomic mass is 10.0. The van der Waals surface area contributed by atoms with Crippen molar-refractivity contribution >= 4 is 11.8 Å². The third-order valence-electron chi connectivity index (χ3n) is 3.20. The van der Waals surface area contributed by atoms with Gasteiger partial charge in [-0.1, -0.05) is 0 Å². The second kappa shape index (κ2) is 4.00. The highest BCUT2D eigenvalue weighted by atomic mass is 19.4. The molecule has 2 heterocycles. The Bertz CT molecular complexity index is 456. The van der Waals surface area contributed by atoms with Gasteiger partial charge in [0.15, 0.2) is 5.69 Å². The topological polar surface area (TPSA) is 55.0 Å². The first-order valence-electron chi connectivity index (χ1n) is 5.69. The van der Waals surface area contributed by atoms with Crippen molar-refractivity contribution in [3.8, 4) is 0 Å². The van der Waals surface area contributed by atoms with E-state index in [1.807, 2.05) is 18.7 Å². The molecule has 0 aromatic carbocycles. The van der Waals surface area contributed by atoms with Crippen molar-refractivity contribution in [2.24, 2.45) is 0 Å². The summed E-state index contributed by atoms with van der Waals surface area (Å²) in [7, 11) is 0. The summed E-state index contributed by atoms with van der Waals surface area (Å²) in [5.74, 6) is -0.0974. The molecule has 1 aromatic rings. The Balaban J connectivity index is 2.43. The number of halogens is 3. The van der Waals surface area contributed by atoms with Gasteiger partial charge in [-0.3, -0.25) is 0 Å². The minimum absolute atomic E-state index is 0.205. The smallest absolute Gasteiger partial charge is 0.368 e. The molecule has 0 bridgehead atoms. The van der Waals surface area contributed by atoms with Gasteiger partial charge in [0.2, 0.25) is 5.95 Å². The lowest BCUT2D eigenvalue weighted by molar-refractivity contribution is -0.141. The molecule has 1 aromatic heterocycles. The van der Waals surface area contributed by atoms with Gasteiger partial charge in [-0.05, 0) is 26.7 Å². The molecule has 1 aliphatic heterocycles. The first-order chi connectivity index (χ1) is 8.20. The fraction of sp³-hybridized carbons (Fsp3) is 0.636. The zero-order valence-electron chi connectivity index (χ0n) is 10.3. The molecule has 1 saturated heterocycles. The van der Waals surface area contributed by atoms with E-state index in [4.69, 9.17) is 5.73 Å². The van der Waals surface area contributed by atoms with Gasteiger partial charge in [0.25, 0.3) is 0 Å². The largest absolute Gasteiger partial charge is 0.433 e. The van der Waals surface area contributed by atoms with Crippen LogP contribution in [0.1, 0.15) is 32.4 Å². The van der Waals surface area contributed by atoms with Crippen LogP contribution >= 0.6 is 0 Å². The van der Waals surface area contributed by atoms with Crippen LogP contribution < -0.4 is 10.6 Å². The number of anilines is 2. The summed E-state index contributed by atoms with van der Waals surface area (Å²) in [6, 6.07) is 0.962. The van der Waals surface area contributed by atoms with Gasteiger partial charge >= 0.3 is 6.18 Å². The number of nitrogens with zero attached hydrogens (tertiary/aromatic N) is 3. The highest BCUT2D eigenvalue weighted by Crippen LogP contribution is 2.35. The third-order valence-corrected chi connectivity index (χ3v) is 3.20. The van der Waals surface area contributed by atoms with Crippen LogP contribution in [-0.4, -0.2) is 22.1 Å². The van der Waals surface area contributed by atoms with E-state index < -0.39 is 11.9 Å². The van der Waals surface area contributed by atoms with Crippen molar-refractivity contribution in [1.29, 1.82) is 0 Å². The van der Waals surface area contributed by atoms with Crippen LogP contribution in [0.25, 0.3) is 0 Å². The fourth-order valence-corrected chi connectivity index (χ4v) is 2.27. The van der Waals surface area contributed by atoms with Crippen LogP contribution in [0.5, 0.6) is 0 Å². The van der Waals surface area contributed by atoms with Crippen molar-refractivity contribution in [2.75, 3.05) is 17.2 Å².